The molecule has 2 aliphatic rings. The van der Waals surface area contributed by atoms with Crippen LogP contribution in [-0.2, 0) is 11.2 Å². The minimum atomic E-state index is 0.534. The highest BCUT2D eigenvalue weighted by Gasteiger charge is 2.15. The Bertz CT molecular complexity index is 549. The minimum absolute atomic E-state index is 0.534. The minimum Gasteiger partial charge on any atom is -0.493 e. The number of hydrogen-bond donors (Lipinski definition) is 0. The normalized spacial score (nSPS) is 18.2. The van der Waals surface area contributed by atoms with E-state index >= 15 is 0 Å². The highest BCUT2D eigenvalue weighted by atomic mass is 32.2. The summed E-state index contributed by atoms with van der Waals surface area (Å²) in [6.07, 6.45) is 3.66. The average Bonchev–Trinajstić information content (AvgIpc) is 2.74. The van der Waals surface area contributed by atoms with Gasteiger partial charge < -0.3 is 4.74 Å². The van der Waals surface area contributed by atoms with Gasteiger partial charge in [0.2, 0.25) is 0 Å². The van der Waals surface area contributed by atoms with E-state index in [2.05, 4.69) is 11.1 Å². The molecule has 0 aromatic heterocycles. The van der Waals surface area contributed by atoms with Crippen molar-refractivity contribution in [2.75, 3.05) is 18.1 Å². The number of aldehydes is 1. The van der Waals surface area contributed by atoms with Crippen LogP contribution < -0.4 is 4.74 Å². The Hall–Kier alpha value is -1.55. The molecule has 92 valence electrons. The van der Waals surface area contributed by atoms with E-state index in [9.17, 15) is 4.79 Å². The van der Waals surface area contributed by atoms with Gasteiger partial charge in [0.05, 0.1) is 18.0 Å². The third kappa shape index (κ3) is 2.20. The molecule has 0 spiro atoms. The van der Waals surface area contributed by atoms with E-state index < -0.39 is 0 Å². The van der Waals surface area contributed by atoms with Gasteiger partial charge in [-0.25, -0.2) is 4.99 Å². The third-order valence-corrected chi connectivity index (χ3v) is 3.94. The van der Waals surface area contributed by atoms with E-state index in [0.29, 0.717) is 5.70 Å². The highest BCUT2D eigenvalue weighted by Crippen LogP contribution is 2.27. The number of hydrogen-bond acceptors (Lipinski definition) is 4. The predicted molar refractivity (Wildman–Crippen MR) is 73.7 cm³/mol. The maximum Gasteiger partial charge on any atom is 0.168 e. The van der Waals surface area contributed by atoms with Crippen LogP contribution in [-0.4, -0.2) is 30.1 Å². The van der Waals surface area contributed by atoms with E-state index in [1.54, 1.807) is 11.8 Å². The zero-order chi connectivity index (χ0) is 12.4. The first-order chi connectivity index (χ1) is 8.86. The van der Waals surface area contributed by atoms with E-state index in [1.165, 1.54) is 5.56 Å². The lowest BCUT2D eigenvalue weighted by atomic mass is 10.1. The number of aliphatic imine (C=N–C) groups is 1. The Balaban J connectivity index is 1.96. The molecule has 0 fully saturated rings. The summed E-state index contributed by atoms with van der Waals surface area (Å²) >= 11 is 1.77. The largest absolute Gasteiger partial charge is 0.493 e. The fraction of sp³-hybridized carbons (Fsp3) is 0.286. The lowest BCUT2D eigenvalue weighted by molar-refractivity contribution is -0.104. The van der Waals surface area contributed by atoms with Crippen molar-refractivity contribution in [1.29, 1.82) is 0 Å². The maximum atomic E-state index is 10.9. The smallest absolute Gasteiger partial charge is 0.168 e. The Labute approximate surface area is 110 Å². The van der Waals surface area contributed by atoms with Crippen LogP contribution in [0.5, 0.6) is 5.75 Å². The predicted octanol–water partition coefficient (Wildman–Crippen LogP) is 2.24. The standard InChI is InChI=1S/C14H13NO2S/c16-8-12-4-6-18-9-13(15-12)10-1-2-14-11(7-10)3-5-17-14/h1-2,4,7-8H,3,5-6,9H2. The quantitative estimate of drug-likeness (QED) is 0.765. The monoisotopic (exact) mass is 259 g/mol. The summed E-state index contributed by atoms with van der Waals surface area (Å²) < 4.78 is 5.50. The van der Waals surface area contributed by atoms with Gasteiger partial charge in [0.15, 0.2) is 6.29 Å². The van der Waals surface area contributed by atoms with Crippen molar-refractivity contribution in [3.05, 3.63) is 41.1 Å². The zero-order valence-electron chi connectivity index (χ0n) is 9.89. The first-order valence-electron chi connectivity index (χ1n) is 5.93. The second-order valence-electron chi connectivity index (χ2n) is 4.24. The van der Waals surface area contributed by atoms with E-state index in [1.807, 2.05) is 18.2 Å². The first-order valence-corrected chi connectivity index (χ1v) is 7.09. The Kier molecular flexibility index (Phi) is 3.19. The summed E-state index contributed by atoms with van der Waals surface area (Å²) in [6, 6.07) is 6.16. The SMILES string of the molecule is O=CC1=CCSCC(c2ccc3c(c2)CCO3)=N1. The van der Waals surface area contributed by atoms with Gasteiger partial charge in [0.1, 0.15) is 5.75 Å². The van der Waals surface area contributed by atoms with E-state index in [-0.39, 0.29) is 0 Å². The summed E-state index contributed by atoms with van der Waals surface area (Å²) in [5.74, 6) is 2.66. The molecule has 0 atom stereocenters. The van der Waals surface area contributed by atoms with Gasteiger partial charge in [0.25, 0.3) is 0 Å². The Morgan fingerprint density at radius 3 is 3.22 bits per heavy atom. The van der Waals surface area contributed by atoms with E-state index in [4.69, 9.17) is 4.74 Å². The molecule has 4 heteroatoms. The molecule has 0 radical (unpaired) electrons. The fourth-order valence-corrected chi connectivity index (χ4v) is 2.95. The molecule has 1 aromatic rings. The fourth-order valence-electron chi connectivity index (χ4n) is 2.12. The first kappa shape index (κ1) is 11.5. The summed E-state index contributed by atoms with van der Waals surface area (Å²) in [5.41, 5.74) is 3.85. The summed E-state index contributed by atoms with van der Waals surface area (Å²) in [7, 11) is 0. The van der Waals surface area contributed by atoms with Crippen LogP contribution in [0.4, 0.5) is 0 Å². The van der Waals surface area contributed by atoms with Gasteiger partial charge in [-0.1, -0.05) is 0 Å². The van der Waals surface area contributed by atoms with Crippen molar-refractivity contribution in [1.82, 2.24) is 0 Å². The molecule has 0 amide bonds. The molecule has 0 bridgehead atoms. The number of ether oxygens (including phenoxy) is 1. The van der Waals surface area contributed by atoms with Gasteiger partial charge in [-0.2, -0.15) is 11.8 Å². The molecule has 3 rings (SSSR count). The number of carbonyl (C=O) groups excluding carboxylic acids is 1. The summed E-state index contributed by atoms with van der Waals surface area (Å²) in [5, 5.41) is 0. The van der Waals surface area contributed by atoms with Gasteiger partial charge >= 0.3 is 0 Å². The maximum absolute atomic E-state index is 10.9. The van der Waals surface area contributed by atoms with Gasteiger partial charge in [-0.15, -0.1) is 0 Å². The number of carbonyl (C=O) groups is 1. The number of nitrogens with zero attached hydrogens (tertiary/aromatic N) is 1. The molecular formula is C14H13NO2S. The zero-order valence-corrected chi connectivity index (χ0v) is 10.7. The van der Waals surface area contributed by atoms with Crippen molar-refractivity contribution in [2.24, 2.45) is 4.99 Å². The Morgan fingerprint density at radius 2 is 2.33 bits per heavy atom. The average molecular weight is 259 g/mol. The molecule has 0 saturated carbocycles. The van der Waals surface area contributed by atoms with Gasteiger partial charge in [-0.05, 0) is 35.4 Å². The number of rotatable bonds is 2. The van der Waals surface area contributed by atoms with Crippen LogP contribution in [0.3, 0.4) is 0 Å². The van der Waals surface area contributed by atoms with Crippen molar-refractivity contribution in [3.63, 3.8) is 0 Å². The van der Waals surface area contributed by atoms with Crippen LogP contribution in [0.25, 0.3) is 0 Å². The lowest BCUT2D eigenvalue weighted by Crippen LogP contribution is -2.05. The molecule has 2 heterocycles. The second kappa shape index (κ2) is 4.98. The van der Waals surface area contributed by atoms with Crippen LogP contribution >= 0.6 is 11.8 Å². The summed E-state index contributed by atoms with van der Waals surface area (Å²) in [4.78, 5) is 15.3. The second-order valence-corrected chi connectivity index (χ2v) is 5.27. The molecule has 3 nitrogen and oxygen atoms in total. The number of benzene rings is 1. The number of fused-ring (bicyclic) bond motifs is 1. The van der Waals surface area contributed by atoms with Crippen LogP contribution in [0, 0.1) is 0 Å². The topological polar surface area (TPSA) is 38.7 Å². The number of allylic oxidation sites excluding steroid dienone is 1. The summed E-state index contributed by atoms with van der Waals surface area (Å²) in [6.45, 7) is 0.763. The molecule has 2 aliphatic heterocycles. The number of thioether (sulfide) groups is 1. The van der Waals surface area contributed by atoms with E-state index in [0.717, 1.165) is 47.8 Å². The molecule has 0 unspecified atom stereocenters. The Morgan fingerprint density at radius 1 is 1.39 bits per heavy atom. The van der Waals surface area contributed by atoms with Crippen LogP contribution in [0.15, 0.2) is 35.0 Å². The molecule has 0 saturated heterocycles. The third-order valence-electron chi connectivity index (χ3n) is 3.06. The lowest BCUT2D eigenvalue weighted by Gasteiger charge is -2.06. The molecule has 0 aliphatic carbocycles. The highest BCUT2D eigenvalue weighted by molar-refractivity contribution is 8.00. The van der Waals surface area contributed by atoms with Crippen molar-refractivity contribution >= 4 is 23.8 Å². The van der Waals surface area contributed by atoms with Gasteiger partial charge in [0, 0.05) is 17.9 Å². The molecular weight excluding hydrogens is 246 g/mol. The van der Waals surface area contributed by atoms with Crippen molar-refractivity contribution in [2.45, 2.75) is 6.42 Å². The molecule has 1 aromatic carbocycles. The van der Waals surface area contributed by atoms with Crippen LogP contribution in [0.2, 0.25) is 0 Å². The van der Waals surface area contributed by atoms with Crippen molar-refractivity contribution < 1.29 is 9.53 Å². The van der Waals surface area contributed by atoms with Gasteiger partial charge in [-0.3, -0.25) is 4.79 Å². The van der Waals surface area contributed by atoms with Crippen molar-refractivity contribution in [3.8, 4) is 5.75 Å². The molecule has 0 N–H and O–H groups in total. The molecule has 18 heavy (non-hydrogen) atoms. The van der Waals surface area contributed by atoms with Crippen LogP contribution in [0.1, 0.15) is 11.1 Å².